The van der Waals surface area contributed by atoms with Gasteiger partial charge in [-0.2, -0.15) is 0 Å². The molecule has 0 radical (unpaired) electrons. The lowest BCUT2D eigenvalue weighted by molar-refractivity contribution is -0.143. The monoisotopic (exact) mass is 319 g/mol. The number of para-hydroxylation sites is 1. The average molecular weight is 319 g/mol. The van der Waals surface area contributed by atoms with Crippen LogP contribution in [0.5, 0.6) is 5.75 Å². The largest absolute Gasteiger partial charge is 0.481 e. The number of benzene rings is 1. The maximum absolute atomic E-state index is 12.2. The summed E-state index contributed by atoms with van der Waals surface area (Å²) in [4.78, 5) is 23.4. The highest BCUT2D eigenvalue weighted by Gasteiger charge is 2.24. The minimum atomic E-state index is -1.04. The van der Waals surface area contributed by atoms with E-state index in [-0.39, 0.29) is 5.92 Å². The Morgan fingerprint density at radius 1 is 1.30 bits per heavy atom. The summed E-state index contributed by atoms with van der Waals surface area (Å²) in [5.74, 6) is -0.704. The molecule has 23 heavy (non-hydrogen) atoms. The number of carboxylic acid groups (broad SMARTS) is 1. The zero-order valence-corrected chi connectivity index (χ0v) is 13.9. The molecule has 0 heterocycles. The fourth-order valence-electron chi connectivity index (χ4n) is 2.17. The van der Waals surface area contributed by atoms with Crippen molar-refractivity contribution in [3.63, 3.8) is 0 Å². The van der Waals surface area contributed by atoms with Crippen LogP contribution >= 0.6 is 0 Å². The van der Waals surface area contributed by atoms with Crippen LogP contribution in [-0.2, 0) is 16.0 Å². The molecule has 5 heteroatoms. The fourth-order valence-corrected chi connectivity index (χ4v) is 2.17. The molecule has 0 bridgehead atoms. The van der Waals surface area contributed by atoms with Gasteiger partial charge in [-0.3, -0.25) is 4.79 Å². The van der Waals surface area contributed by atoms with Gasteiger partial charge in [0.2, 0.25) is 0 Å². The minimum Gasteiger partial charge on any atom is -0.481 e. The summed E-state index contributed by atoms with van der Waals surface area (Å²) in [5, 5.41) is 11.7. The lowest BCUT2D eigenvalue weighted by Crippen LogP contribution is -2.46. The van der Waals surface area contributed by atoms with Gasteiger partial charge in [0.15, 0.2) is 6.10 Å². The molecule has 1 amide bonds. The molecule has 0 aliphatic heterocycles. The van der Waals surface area contributed by atoms with Crippen molar-refractivity contribution < 1.29 is 19.4 Å². The van der Waals surface area contributed by atoms with Crippen LogP contribution in [-0.4, -0.2) is 29.1 Å². The Kier molecular flexibility index (Phi) is 7.32. The third-order valence-electron chi connectivity index (χ3n) is 3.33. The number of aliphatic carboxylic acids is 1. The zero-order valence-electron chi connectivity index (χ0n) is 13.9. The number of rotatable bonds is 9. The van der Waals surface area contributed by atoms with Gasteiger partial charge in [-0.1, -0.05) is 38.1 Å². The van der Waals surface area contributed by atoms with E-state index in [2.05, 4.69) is 11.9 Å². The Morgan fingerprint density at radius 3 is 2.52 bits per heavy atom. The molecular weight excluding hydrogens is 294 g/mol. The number of carbonyl (C=O) groups excluding carboxylic acids is 1. The predicted octanol–water partition coefficient (Wildman–Crippen LogP) is 2.80. The van der Waals surface area contributed by atoms with E-state index >= 15 is 0 Å². The van der Waals surface area contributed by atoms with Gasteiger partial charge in [-0.05, 0) is 37.3 Å². The van der Waals surface area contributed by atoms with Crippen molar-refractivity contribution in [1.82, 2.24) is 5.32 Å². The van der Waals surface area contributed by atoms with Gasteiger partial charge in [0.25, 0.3) is 5.91 Å². The summed E-state index contributed by atoms with van der Waals surface area (Å²) in [6, 6.07) is 6.49. The predicted molar refractivity (Wildman–Crippen MR) is 89.5 cm³/mol. The van der Waals surface area contributed by atoms with Crippen molar-refractivity contribution in [1.29, 1.82) is 0 Å². The molecule has 0 fully saturated rings. The third kappa shape index (κ3) is 6.14. The summed E-state index contributed by atoms with van der Waals surface area (Å²) in [6.45, 7) is 9.12. The Morgan fingerprint density at radius 2 is 1.96 bits per heavy atom. The summed E-state index contributed by atoms with van der Waals surface area (Å²) in [7, 11) is 0. The second-order valence-electron chi connectivity index (χ2n) is 5.89. The lowest BCUT2D eigenvalue weighted by Gasteiger charge is -2.21. The smallest absolute Gasteiger partial charge is 0.326 e. The number of ether oxygens (including phenoxy) is 1. The van der Waals surface area contributed by atoms with Gasteiger partial charge in [0, 0.05) is 0 Å². The molecule has 0 saturated carbocycles. The standard InChI is InChI=1S/C18H25NO4/c1-5-8-14-9-6-7-10-16(14)23-13(4)17(20)19-15(18(21)22)11-12(2)3/h5-7,9-10,12-13,15H,1,8,11H2,2-4H3,(H,19,20)(H,21,22). The van der Waals surface area contributed by atoms with Crippen molar-refractivity contribution in [2.75, 3.05) is 0 Å². The van der Waals surface area contributed by atoms with E-state index in [0.29, 0.717) is 18.6 Å². The molecule has 1 rings (SSSR count). The molecule has 2 unspecified atom stereocenters. The molecule has 2 atom stereocenters. The van der Waals surface area contributed by atoms with Crippen LogP contribution < -0.4 is 10.1 Å². The second kappa shape index (κ2) is 8.98. The molecule has 0 spiro atoms. The molecule has 5 nitrogen and oxygen atoms in total. The van der Waals surface area contributed by atoms with E-state index in [1.165, 1.54) is 0 Å². The zero-order chi connectivity index (χ0) is 17.4. The number of allylic oxidation sites excluding steroid dienone is 1. The first kappa shape index (κ1) is 18.7. The summed E-state index contributed by atoms with van der Waals surface area (Å²) < 4.78 is 5.69. The van der Waals surface area contributed by atoms with Crippen molar-refractivity contribution in [2.45, 2.75) is 45.8 Å². The minimum absolute atomic E-state index is 0.168. The van der Waals surface area contributed by atoms with Gasteiger partial charge in [0.1, 0.15) is 11.8 Å². The van der Waals surface area contributed by atoms with Gasteiger partial charge >= 0.3 is 5.97 Å². The van der Waals surface area contributed by atoms with Crippen LogP contribution in [0.15, 0.2) is 36.9 Å². The maximum Gasteiger partial charge on any atom is 0.326 e. The number of carbonyl (C=O) groups is 2. The molecule has 0 aliphatic rings. The van der Waals surface area contributed by atoms with Crippen molar-refractivity contribution in [3.05, 3.63) is 42.5 Å². The molecule has 0 aromatic heterocycles. The molecular formula is C18H25NO4. The lowest BCUT2D eigenvalue weighted by atomic mass is 10.0. The van der Waals surface area contributed by atoms with E-state index in [9.17, 15) is 14.7 Å². The first-order chi connectivity index (χ1) is 10.8. The topological polar surface area (TPSA) is 75.6 Å². The Bertz CT molecular complexity index is 554. The van der Waals surface area contributed by atoms with Crippen molar-refractivity contribution in [2.24, 2.45) is 5.92 Å². The van der Waals surface area contributed by atoms with Crippen LogP contribution in [0.2, 0.25) is 0 Å². The van der Waals surface area contributed by atoms with Gasteiger partial charge in [-0.15, -0.1) is 6.58 Å². The number of carboxylic acids is 1. The molecule has 2 N–H and O–H groups in total. The summed E-state index contributed by atoms with van der Waals surface area (Å²) >= 11 is 0. The fraction of sp³-hybridized carbons (Fsp3) is 0.444. The number of hydrogen-bond donors (Lipinski definition) is 2. The SMILES string of the molecule is C=CCc1ccccc1OC(C)C(=O)NC(CC(C)C)C(=O)O. The number of nitrogens with one attached hydrogen (secondary N) is 1. The molecule has 0 aliphatic carbocycles. The number of amides is 1. The first-order valence-corrected chi connectivity index (χ1v) is 7.73. The van der Waals surface area contributed by atoms with Gasteiger partial charge < -0.3 is 15.2 Å². The Balaban J connectivity index is 2.73. The van der Waals surface area contributed by atoms with E-state index in [1.54, 1.807) is 19.1 Å². The van der Waals surface area contributed by atoms with Gasteiger partial charge in [0.05, 0.1) is 0 Å². The maximum atomic E-state index is 12.2. The summed E-state index contributed by atoms with van der Waals surface area (Å²) in [6.07, 6.45) is 1.99. The Labute approximate surface area is 137 Å². The van der Waals surface area contributed by atoms with E-state index in [4.69, 9.17) is 4.74 Å². The second-order valence-corrected chi connectivity index (χ2v) is 5.89. The van der Waals surface area contributed by atoms with Crippen LogP contribution in [0.3, 0.4) is 0 Å². The van der Waals surface area contributed by atoms with Crippen molar-refractivity contribution >= 4 is 11.9 Å². The molecule has 1 aromatic rings. The highest BCUT2D eigenvalue weighted by molar-refractivity contribution is 5.86. The molecule has 126 valence electrons. The van der Waals surface area contributed by atoms with E-state index in [0.717, 1.165) is 5.56 Å². The van der Waals surface area contributed by atoms with E-state index in [1.807, 2.05) is 32.0 Å². The van der Waals surface area contributed by atoms with Crippen LogP contribution in [0, 0.1) is 5.92 Å². The first-order valence-electron chi connectivity index (χ1n) is 7.73. The van der Waals surface area contributed by atoms with E-state index < -0.39 is 24.0 Å². The average Bonchev–Trinajstić information content (AvgIpc) is 2.48. The molecule has 1 aromatic carbocycles. The van der Waals surface area contributed by atoms with Crippen LogP contribution in [0.1, 0.15) is 32.8 Å². The number of hydrogen-bond acceptors (Lipinski definition) is 3. The third-order valence-corrected chi connectivity index (χ3v) is 3.33. The Hall–Kier alpha value is -2.30. The molecule has 0 saturated heterocycles. The van der Waals surface area contributed by atoms with Crippen LogP contribution in [0.4, 0.5) is 0 Å². The highest BCUT2D eigenvalue weighted by Crippen LogP contribution is 2.20. The summed E-state index contributed by atoms with van der Waals surface area (Å²) in [5.41, 5.74) is 0.930. The quantitative estimate of drug-likeness (QED) is 0.686. The van der Waals surface area contributed by atoms with Gasteiger partial charge in [-0.25, -0.2) is 4.79 Å². The van der Waals surface area contributed by atoms with Crippen LogP contribution in [0.25, 0.3) is 0 Å². The highest BCUT2D eigenvalue weighted by atomic mass is 16.5. The van der Waals surface area contributed by atoms with Crippen molar-refractivity contribution in [3.8, 4) is 5.75 Å². The normalized spacial score (nSPS) is 13.2.